The Hall–Kier alpha value is -1.99. The van der Waals surface area contributed by atoms with Gasteiger partial charge < -0.3 is 9.47 Å². The van der Waals surface area contributed by atoms with Gasteiger partial charge in [-0.3, -0.25) is 0 Å². The van der Waals surface area contributed by atoms with Crippen LogP contribution in [0.4, 0.5) is 0 Å². The van der Waals surface area contributed by atoms with Gasteiger partial charge >= 0.3 is 17.9 Å². The number of hydrogen-bond donors (Lipinski definition) is 0. The van der Waals surface area contributed by atoms with Crippen molar-refractivity contribution in [2.24, 2.45) is 0 Å². The van der Waals surface area contributed by atoms with Crippen LogP contribution in [-0.2, 0) is 9.47 Å². The van der Waals surface area contributed by atoms with E-state index in [1.165, 1.54) is 6.07 Å². The number of ether oxygens (including phenoxy) is 2. The predicted molar refractivity (Wildman–Crippen MR) is 99.8 cm³/mol. The molecule has 0 unspecified atom stereocenters. The zero-order chi connectivity index (χ0) is 18.4. The van der Waals surface area contributed by atoms with Crippen molar-refractivity contribution < 1.29 is 23.9 Å². The molecule has 0 aliphatic carbocycles. The third kappa shape index (κ3) is 3.39. The molecule has 25 heavy (non-hydrogen) atoms. The lowest BCUT2D eigenvalue weighted by Crippen LogP contribution is -2.23. The van der Waals surface area contributed by atoms with Crippen molar-refractivity contribution in [2.75, 3.05) is 6.61 Å². The summed E-state index contributed by atoms with van der Waals surface area (Å²) in [6, 6.07) is 7.15. The number of halogens is 1. The van der Waals surface area contributed by atoms with Gasteiger partial charge in [-0.15, -0.1) is 0 Å². The number of carbonyl (C=O) groups excluding carboxylic acids is 3. The normalized spacial score (nSPS) is 13.8. The second-order valence-corrected chi connectivity index (χ2v) is 13.6. The molecule has 0 radical (unpaired) electrons. The first kappa shape index (κ1) is 17.8. The molecular formula is C18H17BrO5Si. The minimum absolute atomic E-state index is 0.268. The van der Waals surface area contributed by atoms with Crippen LogP contribution in [0.3, 0.4) is 0 Å². The van der Waals surface area contributed by atoms with Gasteiger partial charge in [0, 0.05) is 23.3 Å². The molecule has 0 atom stereocenters. The van der Waals surface area contributed by atoms with Gasteiger partial charge in [-0.2, -0.15) is 0 Å². The maximum atomic E-state index is 12.6. The highest BCUT2D eigenvalue weighted by Crippen LogP contribution is 2.36. The molecule has 0 spiro atoms. The summed E-state index contributed by atoms with van der Waals surface area (Å²) in [5.41, 5.74) is 0.861. The van der Waals surface area contributed by atoms with E-state index in [4.69, 9.17) is 9.47 Å². The average Bonchev–Trinajstić information content (AvgIpc) is 2.51. The minimum atomic E-state index is -1.31. The first-order valence-corrected chi connectivity index (χ1v) is 12.4. The SMILES string of the molecule is C[Si](C)(C)CCOC(=O)c1ccc2c3c(ccc(Br)c13)C(=O)OC2=O. The summed E-state index contributed by atoms with van der Waals surface area (Å²) in [6.45, 7) is 6.97. The van der Waals surface area contributed by atoms with Gasteiger partial charge in [-0.1, -0.05) is 35.6 Å². The first-order valence-electron chi connectivity index (χ1n) is 7.88. The number of cyclic esters (lactones) is 2. The molecule has 0 amide bonds. The monoisotopic (exact) mass is 420 g/mol. The fraction of sp³-hybridized carbons (Fsp3) is 0.278. The van der Waals surface area contributed by atoms with E-state index in [1.54, 1.807) is 18.2 Å². The number of rotatable bonds is 4. The molecule has 1 aliphatic rings. The molecule has 0 bridgehead atoms. The van der Waals surface area contributed by atoms with E-state index in [9.17, 15) is 14.4 Å². The molecule has 7 heteroatoms. The average molecular weight is 421 g/mol. The molecule has 1 aliphatic heterocycles. The van der Waals surface area contributed by atoms with Crippen molar-refractivity contribution in [1.29, 1.82) is 0 Å². The molecule has 0 N–H and O–H groups in total. The second-order valence-electron chi connectivity index (χ2n) is 7.13. The zero-order valence-electron chi connectivity index (χ0n) is 14.1. The summed E-state index contributed by atoms with van der Waals surface area (Å²) in [4.78, 5) is 36.5. The standard InChI is InChI=1S/C18H17BrO5Si/c1-25(2,3)9-8-23-16(20)12-5-4-10-14-11(18(22)24-17(10)21)6-7-13(19)15(12)14/h4-7H,8-9H2,1-3H3. The lowest BCUT2D eigenvalue weighted by Gasteiger charge is -2.19. The number of carbonyl (C=O) groups is 3. The fourth-order valence-corrected chi connectivity index (χ4v) is 3.94. The molecule has 0 saturated carbocycles. The third-order valence-electron chi connectivity index (χ3n) is 4.04. The number of hydrogen-bond acceptors (Lipinski definition) is 5. The van der Waals surface area contributed by atoms with E-state index in [0.717, 1.165) is 6.04 Å². The highest BCUT2D eigenvalue weighted by atomic mass is 79.9. The molecule has 2 aromatic rings. The molecule has 0 fully saturated rings. The number of benzene rings is 2. The van der Waals surface area contributed by atoms with Gasteiger partial charge in [0.25, 0.3) is 0 Å². The van der Waals surface area contributed by atoms with Gasteiger partial charge in [0.1, 0.15) is 0 Å². The Morgan fingerprint density at radius 3 is 2.24 bits per heavy atom. The summed E-state index contributed by atoms with van der Waals surface area (Å²) >= 11 is 3.41. The van der Waals surface area contributed by atoms with Crippen LogP contribution in [0.2, 0.25) is 25.7 Å². The van der Waals surface area contributed by atoms with Crippen LogP contribution in [0.15, 0.2) is 28.7 Å². The van der Waals surface area contributed by atoms with Gasteiger partial charge in [0.15, 0.2) is 0 Å². The molecule has 2 aromatic carbocycles. The zero-order valence-corrected chi connectivity index (χ0v) is 16.7. The Kier molecular flexibility index (Phi) is 4.55. The smallest absolute Gasteiger partial charge is 0.346 e. The minimum Gasteiger partial charge on any atom is -0.462 e. The van der Waals surface area contributed by atoms with E-state index < -0.39 is 26.0 Å². The molecule has 1 heterocycles. The van der Waals surface area contributed by atoms with Crippen molar-refractivity contribution in [2.45, 2.75) is 25.7 Å². The van der Waals surface area contributed by atoms with E-state index in [0.29, 0.717) is 27.4 Å². The van der Waals surface area contributed by atoms with Crippen molar-refractivity contribution in [3.8, 4) is 0 Å². The van der Waals surface area contributed by atoms with Crippen LogP contribution >= 0.6 is 15.9 Å². The maximum absolute atomic E-state index is 12.6. The van der Waals surface area contributed by atoms with Crippen LogP contribution in [0.1, 0.15) is 31.1 Å². The van der Waals surface area contributed by atoms with Crippen LogP contribution in [-0.4, -0.2) is 32.6 Å². The van der Waals surface area contributed by atoms with E-state index in [2.05, 4.69) is 35.6 Å². The topological polar surface area (TPSA) is 69.7 Å². The summed E-state index contributed by atoms with van der Waals surface area (Å²) in [5, 5.41) is 0.924. The lowest BCUT2D eigenvalue weighted by molar-refractivity contribution is 0.0389. The Morgan fingerprint density at radius 1 is 1.04 bits per heavy atom. The molecule has 5 nitrogen and oxygen atoms in total. The van der Waals surface area contributed by atoms with Crippen molar-refractivity contribution in [3.63, 3.8) is 0 Å². The van der Waals surface area contributed by atoms with Crippen LogP contribution in [0, 0.1) is 0 Å². The van der Waals surface area contributed by atoms with Gasteiger partial charge in [-0.05, 0) is 30.3 Å². The fourth-order valence-electron chi connectivity index (χ4n) is 2.69. The Morgan fingerprint density at radius 2 is 1.64 bits per heavy atom. The summed E-state index contributed by atoms with van der Waals surface area (Å²) < 4.78 is 10.8. The van der Waals surface area contributed by atoms with Crippen LogP contribution < -0.4 is 0 Å². The maximum Gasteiger partial charge on any atom is 0.346 e. The van der Waals surface area contributed by atoms with E-state index >= 15 is 0 Å². The van der Waals surface area contributed by atoms with Gasteiger partial charge in [0.2, 0.25) is 0 Å². The van der Waals surface area contributed by atoms with Crippen LogP contribution in [0.5, 0.6) is 0 Å². The molecular weight excluding hydrogens is 404 g/mol. The Balaban J connectivity index is 2.07. The molecule has 0 aromatic heterocycles. The van der Waals surface area contributed by atoms with Crippen molar-refractivity contribution in [3.05, 3.63) is 45.4 Å². The van der Waals surface area contributed by atoms with E-state index in [1.807, 2.05) is 0 Å². The van der Waals surface area contributed by atoms with Crippen LogP contribution in [0.25, 0.3) is 10.8 Å². The summed E-state index contributed by atoms with van der Waals surface area (Å²) in [6.07, 6.45) is 0. The second kappa shape index (κ2) is 6.38. The Labute approximate surface area is 154 Å². The highest BCUT2D eigenvalue weighted by Gasteiger charge is 2.30. The molecule has 0 saturated heterocycles. The third-order valence-corrected chi connectivity index (χ3v) is 6.41. The van der Waals surface area contributed by atoms with Gasteiger partial charge in [0.05, 0.1) is 23.3 Å². The number of esters is 3. The quantitative estimate of drug-likeness (QED) is 0.416. The summed E-state index contributed by atoms with van der Waals surface area (Å²) in [5.74, 6) is -1.88. The molecule has 3 rings (SSSR count). The summed E-state index contributed by atoms with van der Waals surface area (Å²) in [7, 11) is -1.31. The van der Waals surface area contributed by atoms with E-state index in [-0.39, 0.29) is 11.1 Å². The predicted octanol–water partition coefficient (Wildman–Crippen LogP) is 4.41. The largest absolute Gasteiger partial charge is 0.462 e. The van der Waals surface area contributed by atoms with Crippen molar-refractivity contribution in [1.82, 2.24) is 0 Å². The lowest BCUT2D eigenvalue weighted by atomic mass is 9.94. The Bertz CT molecular complexity index is 894. The first-order chi connectivity index (χ1) is 11.7. The van der Waals surface area contributed by atoms with Gasteiger partial charge in [-0.25, -0.2) is 14.4 Å². The molecule has 130 valence electrons. The van der Waals surface area contributed by atoms with Crippen molar-refractivity contribution >= 4 is 52.7 Å². The highest BCUT2D eigenvalue weighted by molar-refractivity contribution is 9.10.